The number of aromatic nitrogens is 1. The van der Waals surface area contributed by atoms with Crippen LogP contribution in [0.5, 0.6) is 0 Å². The predicted molar refractivity (Wildman–Crippen MR) is 66.8 cm³/mol. The maximum absolute atomic E-state index is 11.4. The molecule has 0 saturated heterocycles. The Morgan fingerprint density at radius 1 is 1.50 bits per heavy atom. The van der Waals surface area contributed by atoms with Crippen molar-refractivity contribution in [2.45, 2.75) is 25.3 Å². The molecule has 3 N–H and O–H groups in total. The minimum Gasteiger partial charge on any atom is -0.476 e. The van der Waals surface area contributed by atoms with Crippen LogP contribution in [-0.2, 0) is 11.2 Å². The summed E-state index contributed by atoms with van der Waals surface area (Å²) in [5.74, 6) is -1.05. The Hall–Kier alpha value is -1.47. The van der Waals surface area contributed by atoms with Crippen LogP contribution in [0.3, 0.4) is 0 Å². The van der Waals surface area contributed by atoms with E-state index in [4.69, 9.17) is 5.11 Å². The zero-order valence-corrected chi connectivity index (χ0v) is 10.6. The second-order valence-corrected chi connectivity index (χ2v) is 5.13. The fourth-order valence-corrected chi connectivity index (χ4v) is 2.19. The van der Waals surface area contributed by atoms with Gasteiger partial charge in [-0.25, -0.2) is 9.78 Å². The van der Waals surface area contributed by atoms with E-state index in [-0.39, 0.29) is 11.6 Å². The van der Waals surface area contributed by atoms with E-state index in [2.05, 4.69) is 15.6 Å². The van der Waals surface area contributed by atoms with Gasteiger partial charge in [-0.15, -0.1) is 11.3 Å². The van der Waals surface area contributed by atoms with Crippen LogP contribution in [0.15, 0.2) is 5.38 Å². The zero-order valence-electron chi connectivity index (χ0n) is 9.81. The molecule has 1 aromatic heterocycles. The van der Waals surface area contributed by atoms with Crippen LogP contribution in [-0.4, -0.2) is 41.1 Å². The van der Waals surface area contributed by atoms with Crippen molar-refractivity contribution < 1.29 is 14.7 Å². The van der Waals surface area contributed by atoms with Gasteiger partial charge in [-0.2, -0.15) is 0 Å². The minimum atomic E-state index is -1.02. The predicted octanol–water partition coefficient (Wildman–Crippen LogP) is 0.252. The summed E-state index contributed by atoms with van der Waals surface area (Å²) in [7, 11) is 0. The molecule has 18 heavy (non-hydrogen) atoms. The number of amides is 1. The zero-order chi connectivity index (χ0) is 13.0. The number of hydrogen-bond acceptors (Lipinski definition) is 5. The lowest BCUT2D eigenvalue weighted by Crippen LogP contribution is -2.35. The Morgan fingerprint density at radius 2 is 2.28 bits per heavy atom. The number of aromatic carboxylic acids is 1. The monoisotopic (exact) mass is 269 g/mol. The van der Waals surface area contributed by atoms with E-state index in [0.717, 1.165) is 17.8 Å². The van der Waals surface area contributed by atoms with Gasteiger partial charge in [0.15, 0.2) is 5.69 Å². The Balaban J connectivity index is 1.64. The standard InChI is InChI=1S/C11H15N3O3S/c15-9(5-13-7-1-2-7)12-4-3-10-14-8(6-18-10)11(16)17/h6-7,13H,1-5H2,(H,12,15)(H,16,17). The molecule has 6 nitrogen and oxygen atoms in total. The summed E-state index contributed by atoms with van der Waals surface area (Å²) < 4.78 is 0. The number of carboxylic acids is 1. The lowest BCUT2D eigenvalue weighted by molar-refractivity contribution is -0.120. The SMILES string of the molecule is O=C(CNC1CC1)NCCc1nc(C(=O)O)cs1. The van der Waals surface area contributed by atoms with E-state index in [1.807, 2.05) is 0 Å². The average molecular weight is 269 g/mol. The number of carbonyl (C=O) groups is 2. The number of nitrogens with one attached hydrogen (secondary N) is 2. The number of hydrogen-bond donors (Lipinski definition) is 3. The molecule has 1 aliphatic rings. The molecule has 98 valence electrons. The summed E-state index contributed by atoms with van der Waals surface area (Å²) in [5, 5.41) is 16.8. The molecule has 0 radical (unpaired) electrons. The summed E-state index contributed by atoms with van der Waals surface area (Å²) in [6.07, 6.45) is 2.88. The number of carbonyl (C=O) groups excluding carboxylic acids is 1. The molecule has 1 aromatic rings. The largest absolute Gasteiger partial charge is 0.476 e. The van der Waals surface area contributed by atoms with Gasteiger partial charge in [0, 0.05) is 24.4 Å². The number of nitrogens with zero attached hydrogens (tertiary/aromatic N) is 1. The van der Waals surface area contributed by atoms with Crippen molar-refractivity contribution in [1.82, 2.24) is 15.6 Å². The van der Waals surface area contributed by atoms with Crippen LogP contribution >= 0.6 is 11.3 Å². The van der Waals surface area contributed by atoms with Crippen molar-refractivity contribution in [2.75, 3.05) is 13.1 Å². The van der Waals surface area contributed by atoms with Gasteiger partial charge in [0.25, 0.3) is 0 Å². The second-order valence-electron chi connectivity index (χ2n) is 4.19. The highest BCUT2D eigenvalue weighted by Gasteiger charge is 2.20. The summed E-state index contributed by atoms with van der Waals surface area (Å²) >= 11 is 1.30. The smallest absolute Gasteiger partial charge is 0.355 e. The molecule has 0 unspecified atom stereocenters. The van der Waals surface area contributed by atoms with E-state index >= 15 is 0 Å². The molecule has 1 amide bonds. The third kappa shape index (κ3) is 4.08. The first-order valence-electron chi connectivity index (χ1n) is 5.83. The van der Waals surface area contributed by atoms with E-state index in [1.54, 1.807) is 0 Å². The van der Waals surface area contributed by atoms with E-state index < -0.39 is 5.97 Å². The fraction of sp³-hybridized carbons (Fsp3) is 0.545. The van der Waals surface area contributed by atoms with Crippen LogP contribution in [0.4, 0.5) is 0 Å². The van der Waals surface area contributed by atoms with Gasteiger partial charge in [0.2, 0.25) is 5.91 Å². The van der Waals surface area contributed by atoms with Crippen LogP contribution in [0.1, 0.15) is 28.3 Å². The maximum Gasteiger partial charge on any atom is 0.355 e. The quantitative estimate of drug-likeness (QED) is 0.660. The van der Waals surface area contributed by atoms with Crippen molar-refractivity contribution >= 4 is 23.2 Å². The van der Waals surface area contributed by atoms with Gasteiger partial charge in [-0.1, -0.05) is 0 Å². The highest BCUT2D eigenvalue weighted by molar-refractivity contribution is 7.09. The number of thiazole rings is 1. The number of carboxylic acid groups (broad SMARTS) is 1. The maximum atomic E-state index is 11.4. The topological polar surface area (TPSA) is 91.3 Å². The Labute approximate surface area is 108 Å². The molecule has 1 heterocycles. The molecule has 0 bridgehead atoms. The molecule has 1 aliphatic carbocycles. The third-order valence-corrected chi connectivity index (χ3v) is 3.47. The van der Waals surface area contributed by atoms with E-state index in [1.165, 1.54) is 16.7 Å². The van der Waals surface area contributed by atoms with Crippen molar-refractivity contribution in [3.63, 3.8) is 0 Å². The van der Waals surface area contributed by atoms with Gasteiger partial charge >= 0.3 is 5.97 Å². The van der Waals surface area contributed by atoms with Crippen LogP contribution in [0.25, 0.3) is 0 Å². The first-order chi connectivity index (χ1) is 8.65. The lowest BCUT2D eigenvalue weighted by atomic mass is 10.4. The Morgan fingerprint density at radius 3 is 2.89 bits per heavy atom. The third-order valence-electron chi connectivity index (χ3n) is 2.56. The molecular formula is C11H15N3O3S. The van der Waals surface area contributed by atoms with Crippen LogP contribution in [0.2, 0.25) is 0 Å². The Kier molecular flexibility index (Phi) is 4.27. The highest BCUT2D eigenvalue weighted by Crippen LogP contribution is 2.17. The molecule has 1 saturated carbocycles. The Bertz CT molecular complexity index is 442. The van der Waals surface area contributed by atoms with E-state index in [9.17, 15) is 9.59 Å². The first-order valence-corrected chi connectivity index (χ1v) is 6.71. The fourth-order valence-electron chi connectivity index (χ4n) is 1.42. The number of rotatable bonds is 7. The minimum absolute atomic E-state index is 0.0306. The average Bonchev–Trinajstić information content (AvgIpc) is 3.04. The van der Waals surface area contributed by atoms with Crippen molar-refractivity contribution in [3.8, 4) is 0 Å². The highest BCUT2D eigenvalue weighted by atomic mass is 32.1. The van der Waals surface area contributed by atoms with Gasteiger partial charge in [0.1, 0.15) is 0 Å². The molecule has 0 aliphatic heterocycles. The molecule has 1 fully saturated rings. The van der Waals surface area contributed by atoms with Gasteiger partial charge < -0.3 is 15.7 Å². The summed E-state index contributed by atoms with van der Waals surface area (Å²) in [6, 6.07) is 0.521. The van der Waals surface area contributed by atoms with Crippen molar-refractivity contribution in [2.24, 2.45) is 0 Å². The molecular weight excluding hydrogens is 254 g/mol. The molecule has 0 atom stereocenters. The van der Waals surface area contributed by atoms with Gasteiger partial charge in [-0.3, -0.25) is 4.79 Å². The second kappa shape index (κ2) is 5.92. The molecule has 0 aromatic carbocycles. The summed E-state index contributed by atoms with van der Waals surface area (Å²) in [4.78, 5) is 26.0. The van der Waals surface area contributed by atoms with Gasteiger partial charge in [0.05, 0.1) is 11.6 Å². The van der Waals surface area contributed by atoms with Crippen LogP contribution < -0.4 is 10.6 Å². The first kappa shape index (κ1) is 13.0. The van der Waals surface area contributed by atoms with E-state index in [0.29, 0.717) is 25.6 Å². The lowest BCUT2D eigenvalue weighted by Gasteiger charge is -2.04. The normalized spacial score (nSPS) is 14.4. The van der Waals surface area contributed by atoms with Crippen molar-refractivity contribution in [1.29, 1.82) is 0 Å². The van der Waals surface area contributed by atoms with Crippen molar-refractivity contribution in [3.05, 3.63) is 16.1 Å². The molecule has 7 heteroatoms. The molecule has 0 spiro atoms. The van der Waals surface area contributed by atoms with Crippen LogP contribution in [0, 0.1) is 0 Å². The summed E-state index contributed by atoms with van der Waals surface area (Å²) in [6.45, 7) is 0.834. The van der Waals surface area contributed by atoms with Gasteiger partial charge in [-0.05, 0) is 12.8 Å². The summed E-state index contributed by atoms with van der Waals surface area (Å²) in [5.41, 5.74) is 0.0664. The molecule has 2 rings (SSSR count).